The summed E-state index contributed by atoms with van der Waals surface area (Å²) in [5.41, 5.74) is 1.68. The number of hydrogen-bond acceptors (Lipinski definition) is 4. The third-order valence-electron chi connectivity index (χ3n) is 5.14. The predicted octanol–water partition coefficient (Wildman–Crippen LogP) is 3.91. The Kier molecular flexibility index (Phi) is 6.41. The van der Waals surface area contributed by atoms with Crippen molar-refractivity contribution >= 4 is 33.2 Å². The van der Waals surface area contributed by atoms with Crippen molar-refractivity contribution in [2.75, 3.05) is 10.0 Å². The van der Waals surface area contributed by atoms with Crippen LogP contribution in [0, 0.1) is 11.7 Å². The number of sulfonamides is 1. The Labute approximate surface area is 191 Å². The van der Waals surface area contributed by atoms with Gasteiger partial charge in [0, 0.05) is 18.2 Å². The highest BCUT2D eigenvalue weighted by Crippen LogP contribution is 2.30. The molecule has 4 rings (SSSR count). The molecule has 0 bridgehead atoms. The molecule has 0 radical (unpaired) electrons. The van der Waals surface area contributed by atoms with Crippen molar-refractivity contribution in [2.24, 2.45) is 5.92 Å². The van der Waals surface area contributed by atoms with Gasteiger partial charge in [-0.1, -0.05) is 24.3 Å². The zero-order valence-corrected chi connectivity index (χ0v) is 18.4. The second-order valence-corrected chi connectivity index (χ2v) is 9.43. The lowest BCUT2D eigenvalue weighted by molar-refractivity contribution is -0.117. The summed E-state index contributed by atoms with van der Waals surface area (Å²) in [5, 5.41) is 5.63. The number of benzene rings is 3. The number of rotatable bonds is 8. The van der Waals surface area contributed by atoms with Crippen LogP contribution in [0.3, 0.4) is 0 Å². The van der Waals surface area contributed by atoms with Gasteiger partial charge in [0.2, 0.25) is 5.91 Å². The van der Waals surface area contributed by atoms with Crippen LogP contribution < -0.4 is 15.4 Å². The summed E-state index contributed by atoms with van der Waals surface area (Å²) in [6, 6.07) is 17.8. The second-order valence-electron chi connectivity index (χ2n) is 7.75. The van der Waals surface area contributed by atoms with Gasteiger partial charge in [-0.15, -0.1) is 0 Å². The molecule has 0 spiro atoms. The number of para-hydroxylation sites is 1. The molecule has 3 N–H and O–H groups in total. The van der Waals surface area contributed by atoms with E-state index in [0.717, 1.165) is 42.7 Å². The van der Waals surface area contributed by atoms with E-state index in [9.17, 15) is 22.4 Å². The van der Waals surface area contributed by atoms with E-state index in [2.05, 4.69) is 15.4 Å². The number of hydrogen-bond donors (Lipinski definition) is 3. The molecule has 170 valence electrons. The van der Waals surface area contributed by atoms with Crippen LogP contribution in [-0.4, -0.2) is 20.2 Å². The first-order chi connectivity index (χ1) is 15.8. The fourth-order valence-corrected chi connectivity index (χ4v) is 4.29. The highest BCUT2D eigenvalue weighted by atomic mass is 32.2. The molecule has 1 aliphatic rings. The minimum atomic E-state index is -4.01. The van der Waals surface area contributed by atoms with Gasteiger partial charge in [0.1, 0.15) is 5.82 Å². The zero-order chi connectivity index (χ0) is 23.4. The van der Waals surface area contributed by atoms with E-state index in [1.54, 1.807) is 30.3 Å². The van der Waals surface area contributed by atoms with E-state index >= 15 is 0 Å². The monoisotopic (exact) mass is 467 g/mol. The van der Waals surface area contributed by atoms with Crippen molar-refractivity contribution in [1.29, 1.82) is 0 Å². The molecule has 0 aliphatic heterocycles. The van der Waals surface area contributed by atoms with Gasteiger partial charge in [0.15, 0.2) is 0 Å². The second kappa shape index (κ2) is 9.41. The topological polar surface area (TPSA) is 104 Å². The highest BCUT2D eigenvalue weighted by molar-refractivity contribution is 7.92. The maximum Gasteiger partial charge on any atom is 0.261 e. The van der Waals surface area contributed by atoms with Crippen LogP contribution in [0.2, 0.25) is 0 Å². The molecule has 0 heterocycles. The average Bonchev–Trinajstić information content (AvgIpc) is 3.64. The zero-order valence-electron chi connectivity index (χ0n) is 17.5. The molecular formula is C24H22FN3O4S. The Balaban J connectivity index is 1.44. The molecule has 9 heteroatoms. The lowest BCUT2D eigenvalue weighted by Crippen LogP contribution is -2.25. The first kappa shape index (κ1) is 22.5. The van der Waals surface area contributed by atoms with Crippen LogP contribution >= 0.6 is 0 Å². The lowest BCUT2D eigenvalue weighted by Gasteiger charge is -2.13. The van der Waals surface area contributed by atoms with Gasteiger partial charge in [0.25, 0.3) is 15.9 Å². The molecule has 3 aromatic rings. The van der Waals surface area contributed by atoms with E-state index in [4.69, 9.17) is 0 Å². The molecule has 0 aromatic heterocycles. The Morgan fingerprint density at radius 2 is 1.67 bits per heavy atom. The van der Waals surface area contributed by atoms with E-state index in [1.807, 2.05) is 6.07 Å². The quantitative estimate of drug-likeness (QED) is 0.467. The summed E-state index contributed by atoms with van der Waals surface area (Å²) < 4.78 is 40.8. The maximum absolute atomic E-state index is 13.1. The van der Waals surface area contributed by atoms with Gasteiger partial charge in [0.05, 0.1) is 16.1 Å². The van der Waals surface area contributed by atoms with Crippen molar-refractivity contribution < 1.29 is 22.4 Å². The summed E-state index contributed by atoms with van der Waals surface area (Å²) >= 11 is 0. The molecule has 7 nitrogen and oxygen atoms in total. The summed E-state index contributed by atoms with van der Waals surface area (Å²) in [4.78, 5) is 24.6. The first-order valence-electron chi connectivity index (χ1n) is 10.4. The normalized spacial score (nSPS) is 13.2. The summed E-state index contributed by atoms with van der Waals surface area (Å²) in [6.07, 6.45) is 1.82. The SMILES string of the molecule is O=C(NCc1cccc(NC(=O)C2CC2)c1)c1ccccc1NS(=O)(=O)c1ccc(F)cc1. The van der Waals surface area contributed by atoms with Crippen LogP contribution in [0.1, 0.15) is 28.8 Å². The average molecular weight is 468 g/mol. The fraction of sp³-hybridized carbons (Fsp3) is 0.167. The molecule has 33 heavy (non-hydrogen) atoms. The molecule has 1 saturated carbocycles. The lowest BCUT2D eigenvalue weighted by atomic mass is 10.1. The van der Waals surface area contributed by atoms with E-state index in [1.165, 1.54) is 12.1 Å². The maximum atomic E-state index is 13.1. The Hall–Kier alpha value is -3.72. The fourth-order valence-electron chi connectivity index (χ4n) is 3.21. The van der Waals surface area contributed by atoms with Crippen LogP contribution in [0.15, 0.2) is 77.7 Å². The number of halogens is 1. The van der Waals surface area contributed by atoms with Crippen molar-refractivity contribution in [3.05, 3.63) is 89.7 Å². The Bertz CT molecular complexity index is 1290. The molecule has 0 unspecified atom stereocenters. The molecule has 1 fully saturated rings. The number of nitrogens with one attached hydrogen (secondary N) is 3. The van der Waals surface area contributed by atoms with Crippen molar-refractivity contribution in [2.45, 2.75) is 24.3 Å². The third kappa shape index (κ3) is 5.75. The van der Waals surface area contributed by atoms with Gasteiger partial charge >= 0.3 is 0 Å². The Morgan fingerprint density at radius 3 is 2.39 bits per heavy atom. The molecule has 0 saturated heterocycles. The van der Waals surface area contributed by atoms with Gasteiger partial charge in [-0.25, -0.2) is 12.8 Å². The third-order valence-corrected chi connectivity index (χ3v) is 6.52. The number of carbonyl (C=O) groups is 2. The van der Waals surface area contributed by atoms with Gasteiger partial charge in [-0.2, -0.15) is 0 Å². The summed E-state index contributed by atoms with van der Waals surface area (Å²) in [5.74, 6) is -0.938. The van der Waals surface area contributed by atoms with Gasteiger partial charge < -0.3 is 10.6 Å². The highest BCUT2D eigenvalue weighted by Gasteiger charge is 2.29. The molecule has 0 atom stereocenters. The van der Waals surface area contributed by atoms with Gasteiger partial charge in [-0.3, -0.25) is 14.3 Å². The van der Waals surface area contributed by atoms with Crippen LogP contribution in [0.4, 0.5) is 15.8 Å². The molecule has 1 aliphatic carbocycles. The number of anilines is 2. The summed E-state index contributed by atoms with van der Waals surface area (Å²) in [7, 11) is -4.01. The molecule has 3 aromatic carbocycles. The van der Waals surface area contributed by atoms with Crippen molar-refractivity contribution in [1.82, 2.24) is 5.32 Å². The summed E-state index contributed by atoms with van der Waals surface area (Å²) in [6.45, 7) is 0.186. The smallest absolute Gasteiger partial charge is 0.261 e. The van der Waals surface area contributed by atoms with Crippen molar-refractivity contribution in [3.8, 4) is 0 Å². The van der Waals surface area contributed by atoms with Crippen LogP contribution in [0.5, 0.6) is 0 Å². The standard InChI is InChI=1S/C24H22FN3O4S/c25-18-10-12-20(13-11-18)33(31,32)28-22-7-2-1-6-21(22)24(30)26-15-16-4-3-5-19(14-16)27-23(29)17-8-9-17/h1-7,10-14,17,28H,8-9,15H2,(H,26,30)(H,27,29). The van der Waals surface area contributed by atoms with E-state index in [0.29, 0.717) is 5.69 Å². The van der Waals surface area contributed by atoms with Crippen LogP contribution in [-0.2, 0) is 21.4 Å². The largest absolute Gasteiger partial charge is 0.348 e. The van der Waals surface area contributed by atoms with Crippen LogP contribution in [0.25, 0.3) is 0 Å². The Morgan fingerprint density at radius 1 is 0.939 bits per heavy atom. The first-order valence-corrected chi connectivity index (χ1v) is 11.9. The minimum absolute atomic E-state index is 0.00134. The molecular weight excluding hydrogens is 445 g/mol. The molecule has 2 amide bonds. The van der Waals surface area contributed by atoms with E-state index in [-0.39, 0.29) is 34.5 Å². The van der Waals surface area contributed by atoms with Gasteiger partial charge in [-0.05, 0) is 66.9 Å². The minimum Gasteiger partial charge on any atom is -0.348 e. The van der Waals surface area contributed by atoms with Crippen molar-refractivity contribution in [3.63, 3.8) is 0 Å². The number of amides is 2. The number of carbonyl (C=O) groups excluding carboxylic acids is 2. The van der Waals surface area contributed by atoms with E-state index < -0.39 is 21.7 Å². The predicted molar refractivity (Wildman–Crippen MR) is 123 cm³/mol.